The number of benzene rings is 1. The molecule has 1 unspecified atom stereocenters. The number of hydrogen-bond acceptors (Lipinski definition) is 6. The van der Waals surface area contributed by atoms with Crippen LogP contribution in [0.4, 0.5) is 0 Å². The summed E-state index contributed by atoms with van der Waals surface area (Å²) in [5.74, 6) is 2.35. The molecule has 2 aromatic heterocycles. The van der Waals surface area contributed by atoms with Crippen molar-refractivity contribution in [3.63, 3.8) is 0 Å². The number of rotatable bonds is 5. The summed E-state index contributed by atoms with van der Waals surface area (Å²) < 4.78 is 14.5. The van der Waals surface area contributed by atoms with E-state index in [1.807, 2.05) is 12.1 Å². The molecule has 1 fully saturated rings. The highest BCUT2D eigenvalue weighted by Crippen LogP contribution is 2.31. The van der Waals surface area contributed by atoms with Crippen LogP contribution in [0, 0.1) is 0 Å². The first-order valence-electron chi connectivity index (χ1n) is 7.94. The summed E-state index contributed by atoms with van der Waals surface area (Å²) in [5, 5.41) is 9.40. The van der Waals surface area contributed by atoms with E-state index < -0.39 is 0 Å². The van der Waals surface area contributed by atoms with E-state index in [1.165, 1.54) is 6.33 Å². The van der Waals surface area contributed by atoms with E-state index in [2.05, 4.69) is 15.2 Å². The molecule has 0 radical (unpaired) electrons. The highest BCUT2D eigenvalue weighted by molar-refractivity contribution is 6.30. The van der Waals surface area contributed by atoms with Crippen molar-refractivity contribution >= 4 is 11.6 Å². The minimum absolute atomic E-state index is 0.181. The van der Waals surface area contributed by atoms with E-state index in [9.17, 15) is 0 Å². The Balaban J connectivity index is 1.79. The Kier molecular flexibility index (Phi) is 4.37. The SMILES string of the molecule is COc1ccc(Cl)cc1-n1nc(Cn2cncn2)nc1C1CCOC1. The summed E-state index contributed by atoms with van der Waals surface area (Å²) in [6.45, 7) is 1.80. The van der Waals surface area contributed by atoms with Crippen LogP contribution in [0.25, 0.3) is 5.69 Å². The maximum absolute atomic E-state index is 6.19. The van der Waals surface area contributed by atoms with E-state index in [1.54, 1.807) is 28.9 Å². The molecule has 25 heavy (non-hydrogen) atoms. The smallest absolute Gasteiger partial charge is 0.172 e. The quantitative estimate of drug-likeness (QED) is 0.693. The zero-order chi connectivity index (χ0) is 17.2. The van der Waals surface area contributed by atoms with Gasteiger partial charge in [0.25, 0.3) is 0 Å². The van der Waals surface area contributed by atoms with Gasteiger partial charge in [0, 0.05) is 17.5 Å². The molecular weight excluding hydrogens is 344 g/mol. The molecule has 4 rings (SSSR count). The van der Waals surface area contributed by atoms with Crippen molar-refractivity contribution in [1.82, 2.24) is 29.5 Å². The van der Waals surface area contributed by atoms with E-state index in [-0.39, 0.29) is 5.92 Å². The Bertz CT molecular complexity index is 858. The van der Waals surface area contributed by atoms with E-state index in [0.717, 1.165) is 24.5 Å². The molecule has 0 spiro atoms. The van der Waals surface area contributed by atoms with Gasteiger partial charge in [0.2, 0.25) is 0 Å². The average molecular weight is 361 g/mol. The van der Waals surface area contributed by atoms with Crippen LogP contribution < -0.4 is 4.74 Å². The third-order valence-electron chi connectivity index (χ3n) is 4.11. The predicted octanol–water partition coefficient (Wildman–Crippen LogP) is 2.07. The number of nitrogens with zero attached hydrogens (tertiary/aromatic N) is 6. The van der Waals surface area contributed by atoms with Gasteiger partial charge >= 0.3 is 0 Å². The van der Waals surface area contributed by atoms with Gasteiger partial charge in [-0.2, -0.15) is 5.10 Å². The van der Waals surface area contributed by atoms with Crippen LogP contribution in [-0.2, 0) is 11.3 Å². The number of methoxy groups -OCH3 is 1. The Hall–Kier alpha value is -2.45. The van der Waals surface area contributed by atoms with Crippen LogP contribution in [0.1, 0.15) is 24.0 Å². The van der Waals surface area contributed by atoms with Gasteiger partial charge in [-0.15, -0.1) is 5.10 Å². The monoisotopic (exact) mass is 360 g/mol. The highest BCUT2D eigenvalue weighted by atomic mass is 35.5. The Morgan fingerprint density at radius 3 is 3.04 bits per heavy atom. The fraction of sp³-hybridized carbons (Fsp3) is 0.375. The van der Waals surface area contributed by atoms with Gasteiger partial charge < -0.3 is 9.47 Å². The lowest BCUT2D eigenvalue weighted by atomic mass is 10.1. The second-order valence-electron chi connectivity index (χ2n) is 5.77. The molecule has 1 atom stereocenters. The second-order valence-corrected chi connectivity index (χ2v) is 6.20. The summed E-state index contributed by atoms with van der Waals surface area (Å²) >= 11 is 6.19. The third-order valence-corrected chi connectivity index (χ3v) is 4.35. The van der Waals surface area contributed by atoms with Gasteiger partial charge in [-0.25, -0.2) is 19.3 Å². The first-order valence-corrected chi connectivity index (χ1v) is 8.32. The van der Waals surface area contributed by atoms with Crippen molar-refractivity contribution in [3.8, 4) is 11.4 Å². The molecule has 3 aromatic rings. The van der Waals surface area contributed by atoms with Gasteiger partial charge in [0.1, 0.15) is 36.5 Å². The summed E-state index contributed by atoms with van der Waals surface area (Å²) in [5.41, 5.74) is 0.759. The number of halogens is 1. The van der Waals surface area contributed by atoms with E-state index in [4.69, 9.17) is 26.1 Å². The molecule has 9 heteroatoms. The molecule has 0 bridgehead atoms. The summed E-state index contributed by atoms with van der Waals surface area (Å²) in [7, 11) is 1.62. The van der Waals surface area contributed by atoms with Gasteiger partial charge in [-0.05, 0) is 24.6 Å². The predicted molar refractivity (Wildman–Crippen MR) is 90.2 cm³/mol. The summed E-state index contributed by atoms with van der Waals surface area (Å²) in [6, 6.07) is 5.44. The van der Waals surface area contributed by atoms with Crippen LogP contribution in [0.2, 0.25) is 5.02 Å². The van der Waals surface area contributed by atoms with Gasteiger partial charge in [-0.3, -0.25) is 0 Å². The normalized spacial score (nSPS) is 17.1. The second kappa shape index (κ2) is 6.81. The molecule has 130 valence electrons. The Morgan fingerprint density at radius 1 is 1.40 bits per heavy atom. The van der Waals surface area contributed by atoms with Crippen LogP contribution in [0.3, 0.4) is 0 Å². The molecule has 0 aliphatic carbocycles. The topological polar surface area (TPSA) is 79.9 Å². The van der Waals surface area contributed by atoms with Crippen LogP contribution in [0.5, 0.6) is 5.75 Å². The van der Waals surface area contributed by atoms with Crippen molar-refractivity contribution in [3.05, 3.63) is 47.5 Å². The summed E-state index contributed by atoms with van der Waals surface area (Å²) in [6.07, 6.45) is 4.03. The minimum atomic E-state index is 0.181. The van der Waals surface area contributed by atoms with Gasteiger partial charge in [0.05, 0.1) is 13.7 Å². The van der Waals surface area contributed by atoms with E-state index in [0.29, 0.717) is 29.7 Å². The molecule has 1 saturated heterocycles. The molecule has 0 saturated carbocycles. The fourth-order valence-electron chi connectivity index (χ4n) is 2.90. The van der Waals surface area contributed by atoms with Crippen molar-refractivity contribution in [2.75, 3.05) is 20.3 Å². The number of hydrogen-bond donors (Lipinski definition) is 0. The molecule has 8 nitrogen and oxygen atoms in total. The first kappa shape index (κ1) is 16.0. The lowest BCUT2D eigenvalue weighted by Crippen LogP contribution is -2.10. The molecular formula is C16H17ClN6O2. The van der Waals surface area contributed by atoms with Crippen molar-refractivity contribution in [2.45, 2.75) is 18.9 Å². The maximum atomic E-state index is 6.19. The zero-order valence-corrected chi connectivity index (χ0v) is 14.4. The molecule has 1 aromatic carbocycles. The minimum Gasteiger partial charge on any atom is -0.494 e. The van der Waals surface area contributed by atoms with Crippen LogP contribution in [-0.4, -0.2) is 49.9 Å². The third kappa shape index (κ3) is 3.22. The lowest BCUT2D eigenvalue weighted by Gasteiger charge is -2.13. The van der Waals surface area contributed by atoms with Crippen molar-refractivity contribution in [1.29, 1.82) is 0 Å². The Labute approximate surface area is 149 Å². The molecule has 1 aliphatic rings. The zero-order valence-electron chi connectivity index (χ0n) is 13.7. The van der Waals surface area contributed by atoms with Crippen LogP contribution in [0.15, 0.2) is 30.9 Å². The maximum Gasteiger partial charge on any atom is 0.172 e. The number of ether oxygens (including phenoxy) is 2. The molecule has 3 heterocycles. The van der Waals surface area contributed by atoms with Crippen LogP contribution >= 0.6 is 11.6 Å². The summed E-state index contributed by atoms with van der Waals surface area (Å²) in [4.78, 5) is 8.69. The first-order chi connectivity index (χ1) is 12.2. The lowest BCUT2D eigenvalue weighted by molar-refractivity contribution is 0.193. The standard InChI is InChI=1S/C16H17ClN6O2/c1-24-14-3-2-12(17)6-13(14)23-16(11-4-5-25-8-11)20-15(21-23)7-22-10-18-9-19-22/h2-3,6,9-11H,4-5,7-8H2,1H3. The molecule has 0 N–H and O–H groups in total. The molecule has 0 amide bonds. The van der Waals surface area contributed by atoms with E-state index >= 15 is 0 Å². The fourth-order valence-corrected chi connectivity index (χ4v) is 3.07. The van der Waals surface area contributed by atoms with Gasteiger partial charge in [-0.1, -0.05) is 11.6 Å². The largest absolute Gasteiger partial charge is 0.494 e. The van der Waals surface area contributed by atoms with Crippen molar-refractivity contribution < 1.29 is 9.47 Å². The Morgan fingerprint density at radius 2 is 2.32 bits per heavy atom. The van der Waals surface area contributed by atoms with Crippen molar-refractivity contribution in [2.24, 2.45) is 0 Å². The molecule has 1 aliphatic heterocycles. The highest BCUT2D eigenvalue weighted by Gasteiger charge is 2.26. The average Bonchev–Trinajstić information content (AvgIpc) is 3.36. The number of aromatic nitrogens is 6. The van der Waals surface area contributed by atoms with Gasteiger partial charge in [0.15, 0.2) is 5.82 Å².